The Morgan fingerprint density at radius 1 is 1.57 bits per heavy atom. The lowest BCUT2D eigenvalue weighted by atomic mass is 9.90. The Balaban J connectivity index is 2.57. The number of carbonyl (C=O) groups is 1. The maximum atomic E-state index is 11.5. The number of nitrogens with one attached hydrogen (secondary N) is 1. The third kappa shape index (κ3) is 1.38. The normalized spacial score (nSPS) is 20.1. The number of fused-ring (bicyclic) bond motifs is 1. The molecule has 0 fully saturated rings. The van der Waals surface area contributed by atoms with Gasteiger partial charge in [0.2, 0.25) is 0 Å². The van der Waals surface area contributed by atoms with Crippen LogP contribution in [0.1, 0.15) is 21.8 Å². The molecule has 1 atom stereocenters. The van der Waals surface area contributed by atoms with Gasteiger partial charge < -0.3 is 11.1 Å². The van der Waals surface area contributed by atoms with Gasteiger partial charge in [-0.1, -0.05) is 17.7 Å². The summed E-state index contributed by atoms with van der Waals surface area (Å²) >= 11 is 6.05. The van der Waals surface area contributed by atoms with Crippen molar-refractivity contribution < 1.29 is 4.79 Å². The molecule has 3 nitrogen and oxygen atoms in total. The van der Waals surface area contributed by atoms with E-state index in [1.54, 1.807) is 18.2 Å². The maximum absolute atomic E-state index is 11.5. The van der Waals surface area contributed by atoms with E-state index in [1.165, 1.54) is 0 Å². The van der Waals surface area contributed by atoms with Gasteiger partial charge in [-0.05, 0) is 17.7 Å². The lowest BCUT2D eigenvalue weighted by Gasteiger charge is -2.25. The van der Waals surface area contributed by atoms with Crippen molar-refractivity contribution in [1.82, 2.24) is 5.32 Å². The van der Waals surface area contributed by atoms with Gasteiger partial charge in [0, 0.05) is 29.6 Å². The summed E-state index contributed by atoms with van der Waals surface area (Å²) in [5, 5.41) is 3.42. The Labute approximate surface area is 87.2 Å². The molecule has 1 unspecified atom stereocenters. The first-order valence-corrected chi connectivity index (χ1v) is 4.88. The molecule has 1 aromatic rings. The molecule has 1 aromatic carbocycles. The summed E-state index contributed by atoms with van der Waals surface area (Å²) < 4.78 is 0. The first kappa shape index (κ1) is 9.49. The quantitative estimate of drug-likeness (QED) is 0.730. The minimum Gasteiger partial charge on any atom is -0.351 e. The minimum atomic E-state index is -0.0628. The molecule has 1 heterocycles. The highest BCUT2D eigenvalue weighted by Gasteiger charge is 2.25. The molecular formula is C10H11ClN2O. The summed E-state index contributed by atoms with van der Waals surface area (Å²) in [6.45, 7) is 1.07. The predicted octanol–water partition coefficient (Wildman–Crippen LogP) is 1.13. The lowest BCUT2D eigenvalue weighted by Crippen LogP contribution is -2.37. The van der Waals surface area contributed by atoms with Gasteiger partial charge in [-0.25, -0.2) is 0 Å². The van der Waals surface area contributed by atoms with Crippen LogP contribution in [0.3, 0.4) is 0 Å². The molecule has 0 saturated carbocycles. The Morgan fingerprint density at radius 3 is 3.07 bits per heavy atom. The van der Waals surface area contributed by atoms with Gasteiger partial charge in [0.15, 0.2) is 0 Å². The summed E-state index contributed by atoms with van der Waals surface area (Å²) in [4.78, 5) is 11.5. The second-order valence-electron chi connectivity index (χ2n) is 3.34. The lowest BCUT2D eigenvalue weighted by molar-refractivity contribution is 0.0940. The van der Waals surface area contributed by atoms with Gasteiger partial charge >= 0.3 is 0 Å². The second-order valence-corrected chi connectivity index (χ2v) is 3.75. The van der Waals surface area contributed by atoms with Crippen LogP contribution in [0.4, 0.5) is 0 Å². The zero-order valence-electron chi connectivity index (χ0n) is 7.59. The van der Waals surface area contributed by atoms with Crippen LogP contribution in [0, 0.1) is 0 Å². The molecule has 74 valence electrons. The van der Waals surface area contributed by atoms with Gasteiger partial charge in [-0.2, -0.15) is 0 Å². The van der Waals surface area contributed by atoms with Gasteiger partial charge in [0.1, 0.15) is 0 Å². The highest BCUT2D eigenvalue weighted by Crippen LogP contribution is 2.29. The fourth-order valence-corrected chi connectivity index (χ4v) is 2.09. The zero-order valence-corrected chi connectivity index (χ0v) is 8.34. The van der Waals surface area contributed by atoms with Crippen LogP contribution in [-0.4, -0.2) is 19.0 Å². The van der Waals surface area contributed by atoms with Gasteiger partial charge in [0.05, 0.1) is 0 Å². The van der Waals surface area contributed by atoms with Crippen molar-refractivity contribution >= 4 is 17.5 Å². The van der Waals surface area contributed by atoms with Crippen molar-refractivity contribution in [2.24, 2.45) is 5.73 Å². The van der Waals surface area contributed by atoms with Gasteiger partial charge in [-0.3, -0.25) is 4.79 Å². The number of nitrogens with two attached hydrogens (primary N) is 1. The van der Waals surface area contributed by atoms with Gasteiger partial charge in [-0.15, -0.1) is 0 Å². The third-order valence-corrected chi connectivity index (χ3v) is 2.83. The fraction of sp³-hybridized carbons (Fsp3) is 0.300. The summed E-state index contributed by atoms with van der Waals surface area (Å²) in [6, 6.07) is 5.35. The van der Waals surface area contributed by atoms with Crippen molar-refractivity contribution in [3.63, 3.8) is 0 Å². The minimum absolute atomic E-state index is 0.0628. The van der Waals surface area contributed by atoms with E-state index < -0.39 is 0 Å². The molecule has 0 spiro atoms. The highest BCUT2D eigenvalue weighted by atomic mass is 35.5. The standard InChI is InChI=1S/C10H11ClN2O/c11-8-3-1-2-7-9(8)6(4-12)5-13-10(7)14/h1-3,6H,4-5,12H2,(H,13,14). The van der Waals surface area contributed by atoms with Crippen LogP contribution in [0.2, 0.25) is 5.02 Å². The maximum Gasteiger partial charge on any atom is 0.251 e. The molecule has 2 rings (SSSR count). The van der Waals surface area contributed by atoms with Gasteiger partial charge in [0.25, 0.3) is 5.91 Å². The molecule has 0 aromatic heterocycles. The largest absolute Gasteiger partial charge is 0.351 e. The number of rotatable bonds is 1. The van der Waals surface area contributed by atoms with Crippen molar-refractivity contribution in [3.8, 4) is 0 Å². The molecule has 1 amide bonds. The average Bonchev–Trinajstić information content (AvgIpc) is 2.20. The van der Waals surface area contributed by atoms with Crippen LogP contribution in [0.5, 0.6) is 0 Å². The number of halogens is 1. The molecule has 1 aliphatic heterocycles. The summed E-state index contributed by atoms with van der Waals surface area (Å²) in [7, 11) is 0. The first-order chi connectivity index (χ1) is 6.74. The number of hydrogen-bond donors (Lipinski definition) is 2. The Hall–Kier alpha value is -1.06. The van der Waals surface area contributed by atoms with Crippen molar-refractivity contribution in [2.75, 3.05) is 13.1 Å². The van der Waals surface area contributed by atoms with Crippen molar-refractivity contribution in [3.05, 3.63) is 34.3 Å². The molecule has 1 aliphatic rings. The monoisotopic (exact) mass is 210 g/mol. The van der Waals surface area contributed by atoms with Crippen LogP contribution in [-0.2, 0) is 0 Å². The SMILES string of the molecule is NCC1CNC(=O)c2cccc(Cl)c21. The summed E-state index contributed by atoms with van der Waals surface area (Å²) in [5.41, 5.74) is 7.16. The number of hydrogen-bond acceptors (Lipinski definition) is 2. The Kier molecular flexibility index (Phi) is 2.44. The van der Waals surface area contributed by atoms with Crippen molar-refractivity contribution in [2.45, 2.75) is 5.92 Å². The van der Waals surface area contributed by atoms with Crippen molar-refractivity contribution in [1.29, 1.82) is 0 Å². The Morgan fingerprint density at radius 2 is 2.36 bits per heavy atom. The topological polar surface area (TPSA) is 55.1 Å². The Bertz CT molecular complexity index is 378. The molecule has 0 radical (unpaired) electrons. The number of amides is 1. The molecule has 0 bridgehead atoms. The van der Waals surface area contributed by atoms with E-state index in [1.807, 2.05) is 0 Å². The van der Waals surface area contributed by atoms with E-state index in [9.17, 15) is 4.79 Å². The summed E-state index contributed by atoms with van der Waals surface area (Å²) in [6.07, 6.45) is 0. The zero-order chi connectivity index (χ0) is 10.1. The van der Waals surface area contributed by atoms with Crippen LogP contribution in [0.25, 0.3) is 0 Å². The predicted molar refractivity (Wildman–Crippen MR) is 55.6 cm³/mol. The van der Waals surface area contributed by atoms with E-state index in [2.05, 4.69) is 5.32 Å². The van der Waals surface area contributed by atoms with E-state index >= 15 is 0 Å². The summed E-state index contributed by atoms with van der Waals surface area (Å²) in [5.74, 6) is 0.0728. The number of benzene rings is 1. The highest BCUT2D eigenvalue weighted by molar-refractivity contribution is 6.32. The van der Waals surface area contributed by atoms with E-state index in [4.69, 9.17) is 17.3 Å². The van der Waals surface area contributed by atoms with E-state index in [0.717, 1.165) is 5.56 Å². The molecule has 0 aliphatic carbocycles. The third-order valence-electron chi connectivity index (χ3n) is 2.50. The fourth-order valence-electron chi connectivity index (χ4n) is 1.76. The van der Waals surface area contributed by atoms with E-state index in [-0.39, 0.29) is 11.8 Å². The molecule has 0 saturated heterocycles. The van der Waals surface area contributed by atoms with Crippen LogP contribution in [0.15, 0.2) is 18.2 Å². The smallest absolute Gasteiger partial charge is 0.251 e. The average molecular weight is 211 g/mol. The first-order valence-electron chi connectivity index (χ1n) is 4.50. The van der Waals surface area contributed by atoms with E-state index in [0.29, 0.717) is 23.7 Å². The van der Waals surface area contributed by atoms with Crippen LogP contribution < -0.4 is 11.1 Å². The molecule has 3 N–H and O–H groups in total. The molecule has 14 heavy (non-hydrogen) atoms. The molecule has 4 heteroatoms. The van der Waals surface area contributed by atoms with Crippen LogP contribution >= 0.6 is 11.6 Å². The number of carbonyl (C=O) groups excluding carboxylic acids is 1. The molecular weight excluding hydrogens is 200 g/mol. The second kappa shape index (κ2) is 3.59.